The topological polar surface area (TPSA) is 87.3 Å². The average molecular weight is 539 g/mol. The first-order chi connectivity index (χ1) is 18.8. The number of methoxy groups -OCH3 is 1. The molecule has 2 N–H and O–H groups in total. The van der Waals surface area contributed by atoms with Gasteiger partial charge in [-0.05, 0) is 42.2 Å². The lowest BCUT2D eigenvalue weighted by Gasteiger charge is -2.52. The number of rotatable bonds is 13. The predicted molar refractivity (Wildman–Crippen MR) is 144 cm³/mol. The maximum atomic E-state index is 14.9. The molecule has 7 nitrogen and oxygen atoms in total. The van der Waals surface area contributed by atoms with Crippen molar-refractivity contribution in [3.63, 3.8) is 0 Å². The number of H-pyrrole nitrogens is 1. The minimum Gasteiger partial charge on any atom is -0.497 e. The summed E-state index contributed by atoms with van der Waals surface area (Å²) in [6.07, 6.45) is 7.80. The molecule has 1 atom stereocenters. The molecule has 9 heteroatoms. The second-order valence-electron chi connectivity index (χ2n) is 10.3. The first-order valence-electron chi connectivity index (χ1n) is 13.5. The van der Waals surface area contributed by atoms with Gasteiger partial charge in [-0.25, -0.2) is 13.8 Å². The minimum absolute atomic E-state index is 0.205. The molecule has 0 aliphatic carbocycles. The Morgan fingerprint density at radius 1 is 1.15 bits per heavy atom. The van der Waals surface area contributed by atoms with Crippen molar-refractivity contribution in [3.8, 4) is 5.75 Å². The van der Waals surface area contributed by atoms with Gasteiger partial charge in [0.05, 0.1) is 13.4 Å². The van der Waals surface area contributed by atoms with Crippen molar-refractivity contribution >= 4 is 11.8 Å². The van der Waals surface area contributed by atoms with Crippen LogP contribution in [0.4, 0.5) is 8.78 Å². The SMILES string of the molecule is CCCCCC1(c2ccc(F)cc2F)CN(C(=O)C(Cc2ccc(OC)cc2)NC(=O)CCc2cnc[nH]2)C1. The van der Waals surface area contributed by atoms with Gasteiger partial charge < -0.3 is 19.9 Å². The summed E-state index contributed by atoms with van der Waals surface area (Å²) in [6, 6.07) is 10.3. The van der Waals surface area contributed by atoms with Crippen LogP contribution in [-0.4, -0.2) is 52.9 Å². The Kier molecular flexibility index (Phi) is 9.32. The molecule has 3 aromatic rings. The highest BCUT2D eigenvalue weighted by atomic mass is 19.1. The van der Waals surface area contributed by atoms with Gasteiger partial charge in [0.15, 0.2) is 0 Å². The van der Waals surface area contributed by atoms with Crippen molar-refractivity contribution in [1.29, 1.82) is 0 Å². The number of aryl methyl sites for hydroxylation is 1. The van der Waals surface area contributed by atoms with Crippen molar-refractivity contribution in [2.45, 2.75) is 63.3 Å². The van der Waals surface area contributed by atoms with E-state index in [4.69, 9.17) is 4.74 Å². The standard InChI is InChI=1S/C30H36F2N4O3/c1-3-4-5-14-30(25-12-8-22(31)16-26(25)32)18-36(19-30)29(38)27(15-21-6-10-24(39-2)11-7-21)35-28(37)13-9-23-17-33-20-34-23/h6-8,10-12,16-17,20,27H,3-5,9,13-15,18-19H2,1-2H3,(H,33,34)(H,35,37). The molecule has 2 heterocycles. The number of carbonyl (C=O) groups excluding carboxylic acids is 2. The van der Waals surface area contributed by atoms with Gasteiger partial charge in [-0.1, -0.05) is 44.4 Å². The van der Waals surface area contributed by atoms with Crippen LogP contribution in [-0.2, 0) is 27.8 Å². The number of amides is 2. The number of hydrogen-bond donors (Lipinski definition) is 2. The lowest BCUT2D eigenvalue weighted by Crippen LogP contribution is -2.65. The number of nitrogens with zero attached hydrogens (tertiary/aromatic N) is 2. The number of hydrogen-bond acceptors (Lipinski definition) is 4. The van der Waals surface area contributed by atoms with E-state index in [9.17, 15) is 18.4 Å². The normalized spacial score (nSPS) is 14.9. The Hall–Kier alpha value is -3.75. The number of nitrogens with one attached hydrogen (secondary N) is 2. The van der Waals surface area contributed by atoms with Crippen molar-refractivity contribution in [1.82, 2.24) is 20.2 Å². The van der Waals surface area contributed by atoms with Crippen LogP contribution in [0, 0.1) is 11.6 Å². The van der Waals surface area contributed by atoms with Gasteiger partial charge in [-0.15, -0.1) is 0 Å². The predicted octanol–water partition coefficient (Wildman–Crippen LogP) is 4.72. The van der Waals surface area contributed by atoms with E-state index in [0.717, 1.165) is 36.6 Å². The monoisotopic (exact) mass is 538 g/mol. The molecule has 2 aromatic carbocycles. The molecule has 4 rings (SSSR count). The summed E-state index contributed by atoms with van der Waals surface area (Å²) >= 11 is 0. The molecule has 1 aromatic heterocycles. The fraction of sp³-hybridized carbons (Fsp3) is 0.433. The van der Waals surface area contributed by atoms with Gasteiger partial charge in [-0.2, -0.15) is 0 Å². The van der Waals surface area contributed by atoms with E-state index in [0.29, 0.717) is 43.7 Å². The van der Waals surface area contributed by atoms with Gasteiger partial charge in [-0.3, -0.25) is 9.59 Å². The Labute approximate surface area is 228 Å². The molecular formula is C30H36F2N4O3. The second-order valence-corrected chi connectivity index (χ2v) is 10.3. The number of carbonyl (C=O) groups is 2. The number of aromatic amines is 1. The van der Waals surface area contributed by atoms with Crippen molar-refractivity contribution < 1.29 is 23.1 Å². The molecule has 0 saturated carbocycles. The number of likely N-dealkylation sites (tertiary alicyclic amines) is 1. The maximum Gasteiger partial charge on any atom is 0.245 e. The first kappa shape index (κ1) is 28.3. The lowest BCUT2D eigenvalue weighted by molar-refractivity contribution is -0.143. The third kappa shape index (κ3) is 7.02. The number of benzene rings is 2. The summed E-state index contributed by atoms with van der Waals surface area (Å²) in [6.45, 7) is 2.74. The second kappa shape index (κ2) is 12.9. The molecular weight excluding hydrogens is 502 g/mol. The summed E-state index contributed by atoms with van der Waals surface area (Å²) in [4.78, 5) is 35.2. The summed E-state index contributed by atoms with van der Waals surface area (Å²) in [5.74, 6) is -0.957. The Morgan fingerprint density at radius 3 is 2.56 bits per heavy atom. The van der Waals surface area contributed by atoms with Crippen LogP contribution in [0.25, 0.3) is 0 Å². The summed E-state index contributed by atoms with van der Waals surface area (Å²) in [5.41, 5.74) is 1.59. The van der Waals surface area contributed by atoms with E-state index in [-0.39, 0.29) is 18.2 Å². The fourth-order valence-corrected chi connectivity index (χ4v) is 5.29. The average Bonchev–Trinajstić information content (AvgIpc) is 3.43. The highest BCUT2D eigenvalue weighted by molar-refractivity contribution is 5.88. The highest BCUT2D eigenvalue weighted by Gasteiger charge is 2.48. The van der Waals surface area contributed by atoms with E-state index in [2.05, 4.69) is 22.2 Å². The quantitative estimate of drug-likeness (QED) is 0.309. The molecule has 2 amide bonds. The molecule has 0 spiro atoms. The van der Waals surface area contributed by atoms with Gasteiger partial charge in [0.25, 0.3) is 0 Å². The Balaban J connectivity index is 1.49. The number of halogens is 2. The van der Waals surface area contributed by atoms with E-state index < -0.39 is 23.1 Å². The molecule has 208 valence electrons. The van der Waals surface area contributed by atoms with Crippen LogP contribution in [0.15, 0.2) is 55.0 Å². The largest absolute Gasteiger partial charge is 0.497 e. The lowest BCUT2D eigenvalue weighted by atomic mass is 9.69. The van der Waals surface area contributed by atoms with Crippen LogP contribution in [0.2, 0.25) is 0 Å². The van der Waals surface area contributed by atoms with Crippen molar-refractivity contribution in [2.24, 2.45) is 0 Å². The molecule has 39 heavy (non-hydrogen) atoms. The summed E-state index contributed by atoms with van der Waals surface area (Å²) in [5, 5.41) is 2.92. The molecule has 1 unspecified atom stereocenters. The van der Waals surface area contributed by atoms with Crippen LogP contribution < -0.4 is 10.1 Å². The zero-order chi connectivity index (χ0) is 27.8. The summed E-state index contributed by atoms with van der Waals surface area (Å²) in [7, 11) is 1.59. The molecule has 1 aliphatic heterocycles. The summed E-state index contributed by atoms with van der Waals surface area (Å²) < 4.78 is 33.7. The van der Waals surface area contributed by atoms with E-state index >= 15 is 0 Å². The molecule has 1 aliphatic rings. The zero-order valence-electron chi connectivity index (χ0n) is 22.5. The van der Waals surface area contributed by atoms with Gasteiger partial charge in [0.2, 0.25) is 11.8 Å². The number of ether oxygens (including phenoxy) is 1. The molecule has 0 radical (unpaired) electrons. The molecule has 1 saturated heterocycles. The molecule has 0 bridgehead atoms. The van der Waals surface area contributed by atoms with Crippen LogP contribution in [0.1, 0.15) is 55.8 Å². The first-order valence-corrected chi connectivity index (χ1v) is 13.5. The number of aromatic nitrogens is 2. The van der Waals surface area contributed by atoms with E-state index in [1.165, 1.54) is 12.1 Å². The van der Waals surface area contributed by atoms with E-state index in [1.807, 2.05) is 24.3 Å². The van der Waals surface area contributed by atoms with Crippen molar-refractivity contribution in [2.75, 3.05) is 20.2 Å². The van der Waals surface area contributed by atoms with Crippen LogP contribution >= 0.6 is 0 Å². The third-order valence-corrected chi connectivity index (χ3v) is 7.47. The Morgan fingerprint density at radius 2 is 1.92 bits per heavy atom. The maximum absolute atomic E-state index is 14.9. The smallest absolute Gasteiger partial charge is 0.245 e. The number of imidazole rings is 1. The van der Waals surface area contributed by atoms with Gasteiger partial charge >= 0.3 is 0 Å². The third-order valence-electron chi connectivity index (χ3n) is 7.47. The highest BCUT2D eigenvalue weighted by Crippen LogP contribution is 2.41. The van der Waals surface area contributed by atoms with Gasteiger partial charge in [0.1, 0.15) is 23.4 Å². The van der Waals surface area contributed by atoms with E-state index in [1.54, 1.807) is 24.5 Å². The van der Waals surface area contributed by atoms with Crippen LogP contribution in [0.3, 0.4) is 0 Å². The molecule has 1 fully saturated rings. The van der Waals surface area contributed by atoms with Crippen molar-refractivity contribution in [3.05, 3.63) is 83.4 Å². The minimum atomic E-state index is -0.778. The fourth-order valence-electron chi connectivity index (χ4n) is 5.29. The number of unbranched alkanes of at least 4 members (excludes halogenated alkanes) is 2. The zero-order valence-corrected chi connectivity index (χ0v) is 22.5. The van der Waals surface area contributed by atoms with Gasteiger partial charge in [0, 0.05) is 49.3 Å². The Bertz CT molecular complexity index is 1240. The van der Waals surface area contributed by atoms with Crippen LogP contribution in [0.5, 0.6) is 5.75 Å².